The molecule has 62 heavy (non-hydrogen) atoms. The minimum atomic E-state index is -1.77. The molecule has 0 aromatic heterocycles. The minimum Gasteiger partial charge on any atom is -0.462 e. The molecule has 0 saturated carbocycles. The molecular weight excluding hydrogens is 805 g/mol. The Bertz CT molecular complexity index is 1230. The van der Waals surface area contributed by atoms with Crippen molar-refractivity contribution in [2.45, 2.75) is 223 Å². The highest BCUT2D eigenvalue weighted by molar-refractivity contribution is 5.70. The summed E-state index contributed by atoms with van der Waals surface area (Å²) in [6.07, 6.45) is 17.6. The number of ether oxygens (including phenoxy) is 6. The monoisotopic (exact) mass is 887 g/mol. The SMILES string of the molecule is CCCC/C=C/CCCCCCCC(=O)O[C@H](COC(=O)CCCCCCC/C=C/C/C=C/CCCCC)CO[C@@H]1O[C@H](CO[C@@H]2O[C@H](CO)[C@H](O)C(O)C2O)[C@H](O)C(O)C1O. The van der Waals surface area contributed by atoms with Crippen LogP contribution in [0.2, 0.25) is 0 Å². The zero-order chi connectivity index (χ0) is 45.4. The van der Waals surface area contributed by atoms with Gasteiger partial charge in [0.2, 0.25) is 0 Å². The zero-order valence-corrected chi connectivity index (χ0v) is 37.6. The van der Waals surface area contributed by atoms with E-state index >= 15 is 0 Å². The molecular formula is C47H82O15. The van der Waals surface area contributed by atoms with Gasteiger partial charge in [-0.1, -0.05) is 115 Å². The molecule has 4 unspecified atom stereocenters. The van der Waals surface area contributed by atoms with Gasteiger partial charge in [-0.3, -0.25) is 9.59 Å². The van der Waals surface area contributed by atoms with Crippen LogP contribution in [0.25, 0.3) is 0 Å². The Kier molecular flexibility index (Phi) is 31.6. The van der Waals surface area contributed by atoms with Gasteiger partial charge < -0.3 is 64.2 Å². The molecule has 2 saturated heterocycles. The van der Waals surface area contributed by atoms with E-state index in [1.54, 1.807) is 0 Å². The Morgan fingerprint density at radius 3 is 1.56 bits per heavy atom. The van der Waals surface area contributed by atoms with Gasteiger partial charge in [-0.2, -0.15) is 0 Å². The van der Waals surface area contributed by atoms with Crippen molar-refractivity contribution in [3.63, 3.8) is 0 Å². The van der Waals surface area contributed by atoms with E-state index in [1.165, 1.54) is 32.1 Å². The van der Waals surface area contributed by atoms with Gasteiger partial charge in [0.1, 0.15) is 55.4 Å². The molecule has 0 spiro atoms. The molecule has 0 radical (unpaired) electrons. The number of rotatable bonds is 35. The van der Waals surface area contributed by atoms with E-state index in [0.717, 1.165) is 83.5 Å². The van der Waals surface area contributed by atoms with Gasteiger partial charge >= 0.3 is 11.9 Å². The second-order valence-electron chi connectivity index (χ2n) is 16.6. The first-order valence-corrected chi connectivity index (χ1v) is 23.6. The number of unbranched alkanes of at least 4 members (excludes halogenated alkanes) is 15. The van der Waals surface area contributed by atoms with Crippen LogP contribution in [0.1, 0.15) is 155 Å². The molecule has 360 valence electrons. The molecule has 2 rings (SSSR count). The maximum absolute atomic E-state index is 12.9. The third-order valence-electron chi connectivity index (χ3n) is 11.1. The van der Waals surface area contributed by atoms with Crippen molar-refractivity contribution in [1.29, 1.82) is 0 Å². The quantitative estimate of drug-likeness (QED) is 0.0241. The predicted octanol–water partition coefficient (Wildman–Crippen LogP) is 5.37. The van der Waals surface area contributed by atoms with Crippen molar-refractivity contribution in [1.82, 2.24) is 0 Å². The third-order valence-corrected chi connectivity index (χ3v) is 11.1. The van der Waals surface area contributed by atoms with Gasteiger partial charge in [0, 0.05) is 12.8 Å². The number of esters is 2. The van der Waals surface area contributed by atoms with Crippen LogP contribution >= 0.6 is 0 Å². The molecule has 0 aliphatic carbocycles. The summed E-state index contributed by atoms with van der Waals surface area (Å²) < 4.78 is 33.4. The van der Waals surface area contributed by atoms with Crippen molar-refractivity contribution in [2.24, 2.45) is 0 Å². The molecule has 2 heterocycles. The second-order valence-corrected chi connectivity index (χ2v) is 16.6. The smallest absolute Gasteiger partial charge is 0.306 e. The lowest BCUT2D eigenvalue weighted by Crippen LogP contribution is -2.61. The maximum atomic E-state index is 12.9. The molecule has 7 N–H and O–H groups in total. The fourth-order valence-electron chi connectivity index (χ4n) is 7.11. The Labute approximate surface area is 370 Å². The van der Waals surface area contributed by atoms with Crippen molar-refractivity contribution in [3.8, 4) is 0 Å². The summed E-state index contributed by atoms with van der Waals surface area (Å²) >= 11 is 0. The van der Waals surface area contributed by atoms with Crippen LogP contribution in [0.4, 0.5) is 0 Å². The average Bonchev–Trinajstić information content (AvgIpc) is 3.26. The normalized spacial score (nSPS) is 27.4. The van der Waals surface area contributed by atoms with E-state index in [2.05, 4.69) is 50.3 Å². The predicted molar refractivity (Wildman–Crippen MR) is 234 cm³/mol. The fraction of sp³-hybridized carbons (Fsp3) is 0.830. The van der Waals surface area contributed by atoms with Crippen LogP contribution in [-0.2, 0) is 38.0 Å². The van der Waals surface area contributed by atoms with Gasteiger partial charge in [0.25, 0.3) is 0 Å². The summed E-state index contributed by atoms with van der Waals surface area (Å²) in [5.41, 5.74) is 0. The van der Waals surface area contributed by atoms with Gasteiger partial charge in [0.15, 0.2) is 18.7 Å². The minimum absolute atomic E-state index is 0.151. The third kappa shape index (κ3) is 23.6. The Morgan fingerprint density at radius 1 is 0.516 bits per heavy atom. The lowest BCUT2D eigenvalue weighted by molar-refractivity contribution is -0.332. The highest BCUT2D eigenvalue weighted by atomic mass is 16.7. The maximum Gasteiger partial charge on any atom is 0.306 e. The summed E-state index contributed by atoms with van der Waals surface area (Å²) in [7, 11) is 0. The molecule has 15 nitrogen and oxygen atoms in total. The molecule has 0 aromatic rings. The second kappa shape index (κ2) is 35.0. The van der Waals surface area contributed by atoms with Crippen molar-refractivity contribution >= 4 is 11.9 Å². The first-order valence-electron chi connectivity index (χ1n) is 23.6. The first kappa shape index (κ1) is 55.9. The molecule has 2 fully saturated rings. The van der Waals surface area contributed by atoms with Crippen molar-refractivity contribution in [3.05, 3.63) is 36.5 Å². The number of aliphatic hydroxyl groups is 7. The highest BCUT2D eigenvalue weighted by Gasteiger charge is 2.47. The Morgan fingerprint density at radius 2 is 0.984 bits per heavy atom. The van der Waals surface area contributed by atoms with E-state index in [-0.39, 0.29) is 26.1 Å². The van der Waals surface area contributed by atoms with Crippen LogP contribution in [-0.4, -0.2) is 142 Å². The van der Waals surface area contributed by atoms with Gasteiger partial charge in [0.05, 0.1) is 19.8 Å². The number of allylic oxidation sites excluding steroid dienone is 6. The summed E-state index contributed by atoms with van der Waals surface area (Å²) in [4.78, 5) is 25.6. The largest absolute Gasteiger partial charge is 0.462 e. The van der Waals surface area contributed by atoms with Gasteiger partial charge in [-0.15, -0.1) is 0 Å². The van der Waals surface area contributed by atoms with Crippen molar-refractivity contribution in [2.75, 3.05) is 26.4 Å². The number of aliphatic hydroxyl groups excluding tert-OH is 7. The molecule has 2 aliphatic rings. The molecule has 2 aliphatic heterocycles. The number of carbonyl (C=O) groups is 2. The van der Waals surface area contributed by atoms with Crippen LogP contribution in [0, 0.1) is 0 Å². The summed E-state index contributed by atoms with van der Waals surface area (Å²) in [6, 6.07) is 0. The number of carbonyl (C=O) groups excluding carboxylic acids is 2. The van der Waals surface area contributed by atoms with Crippen LogP contribution in [0.3, 0.4) is 0 Å². The standard InChI is InChI=1S/C47H82O15/c1-3-5-7-9-11-13-15-16-17-18-20-21-23-25-27-29-38(49)57-32-35(60-39(50)30-28-26-24-22-19-14-12-10-8-6-4-2)33-58-46-45(56)43(54)41(52)37(62-46)34-59-47-44(55)42(53)40(51)36(31-48)61-47/h10-13,16-17,35-37,40-48,51-56H,3-9,14-15,18-34H2,1-2H3/b12-10+,13-11+,17-16+/t35-,36-,37-,40+,41+,42?,43?,44?,45?,46-,47-/m1/s1. The summed E-state index contributed by atoms with van der Waals surface area (Å²) in [5, 5.41) is 71.9. The number of hydrogen-bond acceptors (Lipinski definition) is 15. The zero-order valence-electron chi connectivity index (χ0n) is 37.6. The lowest BCUT2D eigenvalue weighted by Gasteiger charge is -2.42. The fourth-order valence-corrected chi connectivity index (χ4v) is 7.11. The topological polar surface area (TPSA) is 231 Å². The molecule has 11 atom stereocenters. The lowest BCUT2D eigenvalue weighted by atomic mass is 9.98. The molecule has 0 amide bonds. The number of hydrogen-bond donors (Lipinski definition) is 7. The Balaban J connectivity index is 1.85. The summed E-state index contributed by atoms with van der Waals surface area (Å²) in [5.74, 6) is -0.955. The Hall–Kier alpha value is -2.28. The molecule has 0 aromatic carbocycles. The van der Waals surface area contributed by atoms with Crippen LogP contribution in [0.15, 0.2) is 36.5 Å². The van der Waals surface area contributed by atoms with Gasteiger partial charge in [-0.05, 0) is 64.2 Å². The van der Waals surface area contributed by atoms with E-state index in [0.29, 0.717) is 12.8 Å². The molecule has 15 heteroatoms. The van der Waals surface area contributed by atoms with E-state index < -0.39 is 92.7 Å². The van der Waals surface area contributed by atoms with E-state index in [1.807, 2.05) is 0 Å². The van der Waals surface area contributed by atoms with E-state index in [4.69, 9.17) is 28.4 Å². The van der Waals surface area contributed by atoms with E-state index in [9.17, 15) is 45.3 Å². The molecule has 0 bridgehead atoms. The first-order chi connectivity index (χ1) is 30.0. The summed E-state index contributed by atoms with van der Waals surface area (Å²) in [6.45, 7) is 2.47. The average molecular weight is 887 g/mol. The highest BCUT2D eigenvalue weighted by Crippen LogP contribution is 2.26. The van der Waals surface area contributed by atoms with Gasteiger partial charge in [-0.25, -0.2) is 0 Å². The van der Waals surface area contributed by atoms with Crippen LogP contribution in [0.5, 0.6) is 0 Å². The van der Waals surface area contributed by atoms with Crippen LogP contribution < -0.4 is 0 Å². The van der Waals surface area contributed by atoms with Crippen molar-refractivity contribution < 1.29 is 73.8 Å².